The highest BCUT2D eigenvalue weighted by Crippen LogP contribution is 2.26. The quantitative estimate of drug-likeness (QED) is 0.794. The van der Waals surface area contributed by atoms with Gasteiger partial charge in [0.1, 0.15) is 0 Å². The number of nitrogens with one attached hydrogen (secondary N) is 2. The van der Waals surface area contributed by atoms with E-state index in [0.717, 1.165) is 38.6 Å². The summed E-state index contributed by atoms with van der Waals surface area (Å²) < 4.78 is 0. The fraction of sp³-hybridized carbons (Fsp3) is 0.857. The number of hydrogen-bond donors (Lipinski definition) is 2. The maximum Gasteiger partial charge on any atom is 0.239 e. The van der Waals surface area contributed by atoms with Gasteiger partial charge in [-0.05, 0) is 32.2 Å². The van der Waals surface area contributed by atoms with Crippen LogP contribution in [0.25, 0.3) is 0 Å². The minimum absolute atomic E-state index is 0. The van der Waals surface area contributed by atoms with Crippen LogP contribution in [0.5, 0.6) is 0 Å². The normalized spacial score (nSPS) is 33.1. The van der Waals surface area contributed by atoms with Crippen molar-refractivity contribution >= 4 is 24.2 Å². The molecule has 0 bridgehead atoms. The molecule has 3 aliphatic rings. The summed E-state index contributed by atoms with van der Waals surface area (Å²) in [5.74, 6) is 0.169. The second kappa shape index (κ2) is 6.76. The van der Waals surface area contributed by atoms with E-state index in [-0.39, 0.29) is 42.8 Å². The molecule has 20 heavy (non-hydrogen) atoms. The van der Waals surface area contributed by atoms with Crippen LogP contribution in [0.2, 0.25) is 0 Å². The van der Waals surface area contributed by atoms with E-state index < -0.39 is 0 Å². The van der Waals surface area contributed by atoms with Crippen LogP contribution >= 0.6 is 12.4 Å². The lowest BCUT2D eigenvalue weighted by molar-refractivity contribution is -0.144. The zero-order valence-electron chi connectivity index (χ0n) is 11.8. The number of halogens is 1. The number of piperazine rings is 1. The predicted molar refractivity (Wildman–Crippen MR) is 78.8 cm³/mol. The van der Waals surface area contributed by atoms with Crippen LogP contribution in [0.1, 0.15) is 44.9 Å². The molecule has 2 amide bonds. The molecule has 3 rings (SSSR count). The summed E-state index contributed by atoms with van der Waals surface area (Å²) in [4.78, 5) is 26.1. The first-order valence-corrected chi connectivity index (χ1v) is 7.56. The Bertz CT molecular complexity index is 371. The van der Waals surface area contributed by atoms with Crippen molar-refractivity contribution in [1.82, 2.24) is 15.5 Å². The first-order chi connectivity index (χ1) is 9.24. The molecule has 0 aromatic heterocycles. The number of fused-ring (bicyclic) bond motifs is 1. The van der Waals surface area contributed by atoms with Crippen LogP contribution < -0.4 is 10.6 Å². The van der Waals surface area contributed by atoms with Crippen LogP contribution in [0.3, 0.4) is 0 Å². The molecular formula is C14H24ClN3O2. The van der Waals surface area contributed by atoms with Crippen molar-refractivity contribution in [3.8, 4) is 0 Å². The van der Waals surface area contributed by atoms with E-state index in [1.165, 1.54) is 6.42 Å². The summed E-state index contributed by atoms with van der Waals surface area (Å²) in [6.07, 6.45) is 7.17. The maximum atomic E-state index is 12.5. The molecule has 5 nitrogen and oxygen atoms in total. The van der Waals surface area contributed by atoms with Gasteiger partial charge in [-0.25, -0.2) is 0 Å². The molecule has 3 atom stereocenters. The van der Waals surface area contributed by atoms with Crippen LogP contribution in [0.4, 0.5) is 0 Å². The molecular weight excluding hydrogens is 278 g/mol. The SMILES string of the molecule is Cl.O=C1CN(C(=O)CC2CCCN2)C2CCCCC2N1. The Kier molecular flexibility index (Phi) is 5.27. The smallest absolute Gasteiger partial charge is 0.239 e. The topological polar surface area (TPSA) is 61.4 Å². The van der Waals surface area contributed by atoms with Gasteiger partial charge in [0.05, 0.1) is 12.6 Å². The van der Waals surface area contributed by atoms with E-state index in [2.05, 4.69) is 10.6 Å². The number of rotatable bonds is 2. The second-order valence-corrected chi connectivity index (χ2v) is 6.04. The molecule has 3 fully saturated rings. The summed E-state index contributed by atoms with van der Waals surface area (Å²) in [6, 6.07) is 0.746. The van der Waals surface area contributed by atoms with Crippen molar-refractivity contribution in [2.45, 2.75) is 63.1 Å². The molecule has 0 aromatic carbocycles. The van der Waals surface area contributed by atoms with E-state index in [4.69, 9.17) is 0 Å². The second-order valence-electron chi connectivity index (χ2n) is 6.04. The molecule has 114 valence electrons. The molecule has 1 aliphatic carbocycles. The minimum atomic E-state index is 0. The van der Waals surface area contributed by atoms with Crippen molar-refractivity contribution < 1.29 is 9.59 Å². The molecule has 2 saturated heterocycles. The lowest BCUT2D eigenvalue weighted by Gasteiger charge is -2.44. The van der Waals surface area contributed by atoms with Crippen LogP contribution in [0.15, 0.2) is 0 Å². The van der Waals surface area contributed by atoms with Gasteiger partial charge in [0.15, 0.2) is 0 Å². The number of carbonyl (C=O) groups excluding carboxylic acids is 2. The fourth-order valence-corrected chi connectivity index (χ4v) is 3.71. The Labute approximate surface area is 126 Å². The van der Waals surface area contributed by atoms with Gasteiger partial charge in [0.2, 0.25) is 11.8 Å². The average Bonchev–Trinajstić information content (AvgIpc) is 2.90. The lowest BCUT2D eigenvalue weighted by atomic mass is 9.87. The average molecular weight is 302 g/mol. The third-order valence-corrected chi connectivity index (χ3v) is 4.69. The highest BCUT2D eigenvalue weighted by Gasteiger charge is 2.39. The molecule has 2 N–H and O–H groups in total. The summed E-state index contributed by atoms with van der Waals surface area (Å²) in [6.45, 7) is 1.28. The van der Waals surface area contributed by atoms with Crippen molar-refractivity contribution in [2.24, 2.45) is 0 Å². The summed E-state index contributed by atoms with van der Waals surface area (Å²) in [7, 11) is 0. The molecule has 0 aromatic rings. The first kappa shape index (κ1) is 15.6. The molecule has 2 heterocycles. The largest absolute Gasteiger partial charge is 0.350 e. The zero-order chi connectivity index (χ0) is 13.2. The summed E-state index contributed by atoms with van der Waals surface area (Å²) >= 11 is 0. The van der Waals surface area contributed by atoms with Crippen LogP contribution in [-0.4, -0.2) is 47.9 Å². The monoisotopic (exact) mass is 301 g/mol. The van der Waals surface area contributed by atoms with Crippen LogP contribution in [-0.2, 0) is 9.59 Å². The molecule has 6 heteroatoms. The molecule has 0 spiro atoms. The summed E-state index contributed by atoms with van der Waals surface area (Å²) in [5, 5.41) is 6.41. The third-order valence-electron chi connectivity index (χ3n) is 4.69. The van der Waals surface area contributed by atoms with Crippen molar-refractivity contribution in [2.75, 3.05) is 13.1 Å². The van der Waals surface area contributed by atoms with E-state index in [1.54, 1.807) is 0 Å². The van der Waals surface area contributed by atoms with Crippen molar-refractivity contribution in [3.05, 3.63) is 0 Å². The highest BCUT2D eigenvalue weighted by molar-refractivity contribution is 5.87. The lowest BCUT2D eigenvalue weighted by Crippen LogP contribution is -2.63. The third kappa shape index (κ3) is 3.26. The minimum Gasteiger partial charge on any atom is -0.350 e. The van der Waals surface area contributed by atoms with Gasteiger partial charge in [-0.3, -0.25) is 9.59 Å². The van der Waals surface area contributed by atoms with Gasteiger partial charge in [0.25, 0.3) is 0 Å². The first-order valence-electron chi connectivity index (χ1n) is 7.56. The number of carbonyl (C=O) groups is 2. The van der Waals surface area contributed by atoms with Gasteiger partial charge in [-0.15, -0.1) is 12.4 Å². The predicted octanol–water partition coefficient (Wildman–Crippen LogP) is 0.820. The Morgan fingerprint density at radius 1 is 1.20 bits per heavy atom. The number of hydrogen-bond acceptors (Lipinski definition) is 3. The standard InChI is InChI=1S/C14H23N3O2.ClH/c18-13-9-17(12-6-2-1-5-11(12)16-13)14(19)8-10-4-3-7-15-10;/h10-12,15H,1-9H2,(H,16,18);1H. The van der Waals surface area contributed by atoms with Gasteiger partial charge >= 0.3 is 0 Å². The van der Waals surface area contributed by atoms with E-state index in [9.17, 15) is 9.59 Å². The van der Waals surface area contributed by atoms with Gasteiger partial charge < -0.3 is 15.5 Å². The van der Waals surface area contributed by atoms with Crippen molar-refractivity contribution in [3.63, 3.8) is 0 Å². The van der Waals surface area contributed by atoms with Crippen molar-refractivity contribution in [1.29, 1.82) is 0 Å². The zero-order valence-corrected chi connectivity index (χ0v) is 12.6. The number of amides is 2. The van der Waals surface area contributed by atoms with E-state index in [0.29, 0.717) is 12.5 Å². The Hall–Kier alpha value is -0.810. The van der Waals surface area contributed by atoms with Crippen LogP contribution in [0, 0.1) is 0 Å². The van der Waals surface area contributed by atoms with E-state index >= 15 is 0 Å². The summed E-state index contributed by atoms with van der Waals surface area (Å²) in [5.41, 5.74) is 0. The maximum absolute atomic E-state index is 12.5. The Morgan fingerprint density at radius 3 is 2.75 bits per heavy atom. The Balaban J connectivity index is 0.00000147. The molecule has 1 saturated carbocycles. The number of nitrogens with zero attached hydrogens (tertiary/aromatic N) is 1. The van der Waals surface area contributed by atoms with E-state index in [1.807, 2.05) is 4.90 Å². The highest BCUT2D eigenvalue weighted by atomic mass is 35.5. The van der Waals surface area contributed by atoms with Gasteiger partial charge in [-0.2, -0.15) is 0 Å². The van der Waals surface area contributed by atoms with Gasteiger partial charge in [0, 0.05) is 18.5 Å². The molecule has 0 radical (unpaired) electrons. The molecule has 2 aliphatic heterocycles. The Morgan fingerprint density at radius 2 is 2.00 bits per heavy atom. The fourth-order valence-electron chi connectivity index (χ4n) is 3.71. The molecule has 3 unspecified atom stereocenters. The van der Waals surface area contributed by atoms with Gasteiger partial charge in [-0.1, -0.05) is 12.8 Å².